The third-order valence-corrected chi connectivity index (χ3v) is 6.10. The van der Waals surface area contributed by atoms with Gasteiger partial charge < -0.3 is 10.6 Å². The summed E-state index contributed by atoms with van der Waals surface area (Å²) in [4.78, 5) is 25.0. The van der Waals surface area contributed by atoms with Gasteiger partial charge in [0.25, 0.3) is 0 Å². The number of carbonyl (C=O) groups is 2. The second-order valence-corrected chi connectivity index (χ2v) is 8.28. The molecule has 3 rings (SSSR count). The Balaban J connectivity index is 1.46. The molecule has 0 aromatic heterocycles. The first-order valence-corrected chi connectivity index (χ1v) is 10.3. The Morgan fingerprint density at radius 3 is 2.15 bits per heavy atom. The van der Waals surface area contributed by atoms with Crippen molar-refractivity contribution in [3.8, 4) is 0 Å². The van der Waals surface area contributed by atoms with Gasteiger partial charge in [-0.05, 0) is 69.2 Å². The van der Waals surface area contributed by atoms with Gasteiger partial charge >= 0.3 is 0 Å². The summed E-state index contributed by atoms with van der Waals surface area (Å²) in [6.45, 7) is 1.94. The van der Waals surface area contributed by atoms with E-state index in [-0.39, 0.29) is 23.7 Å². The predicted molar refractivity (Wildman–Crippen MR) is 105 cm³/mol. The van der Waals surface area contributed by atoms with Gasteiger partial charge in [0.2, 0.25) is 11.8 Å². The van der Waals surface area contributed by atoms with Gasteiger partial charge in [0, 0.05) is 28.6 Å². The van der Waals surface area contributed by atoms with E-state index in [9.17, 15) is 9.59 Å². The number of nitrogens with one attached hydrogen (secondary N) is 2. The quantitative estimate of drug-likeness (QED) is 0.789. The molecule has 142 valence electrons. The summed E-state index contributed by atoms with van der Waals surface area (Å²) >= 11 is 5.97. The van der Waals surface area contributed by atoms with Crippen molar-refractivity contribution in [3.05, 3.63) is 28.8 Å². The highest BCUT2D eigenvalue weighted by Gasteiger charge is 2.31. The molecule has 0 unspecified atom stereocenters. The van der Waals surface area contributed by atoms with Crippen LogP contribution in [0.1, 0.15) is 63.4 Å². The summed E-state index contributed by atoms with van der Waals surface area (Å²) in [6.07, 6.45) is 9.13. The summed E-state index contributed by atoms with van der Waals surface area (Å²) in [6, 6.07) is 5.85. The van der Waals surface area contributed by atoms with Crippen LogP contribution in [0.3, 0.4) is 0 Å². The van der Waals surface area contributed by atoms with Crippen molar-refractivity contribution in [3.63, 3.8) is 0 Å². The lowest BCUT2D eigenvalue weighted by molar-refractivity contribution is -0.129. The largest absolute Gasteiger partial charge is 0.353 e. The van der Waals surface area contributed by atoms with Gasteiger partial charge in [0.05, 0.1) is 0 Å². The van der Waals surface area contributed by atoms with E-state index in [2.05, 4.69) is 10.6 Å². The van der Waals surface area contributed by atoms with E-state index in [0.717, 1.165) is 49.8 Å². The first-order chi connectivity index (χ1) is 12.5. The van der Waals surface area contributed by atoms with Crippen LogP contribution in [-0.2, 0) is 9.59 Å². The first kappa shape index (κ1) is 19.2. The lowest BCUT2D eigenvalue weighted by Crippen LogP contribution is -2.41. The average molecular weight is 377 g/mol. The summed E-state index contributed by atoms with van der Waals surface area (Å²) in [5.74, 6) is 0.313. The molecule has 0 radical (unpaired) electrons. The molecule has 2 aliphatic rings. The van der Waals surface area contributed by atoms with Crippen LogP contribution in [0.15, 0.2) is 18.2 Å². The molecule has 2 fully saturated rings. The highest BCUT2D eigenvalue weighted by atomic mass is 35.5. The van der Waals surface area contributed by atoms with Gasteiger partial charge in [0.1, 0.15) is 0 Å². The Kier molecular flexibility index (Phi) is 6.58. The fourth-order valence-electron chi connectivity index (χ4n) is 4.19. The molecule has 1 aromatic carbocycles. The maximum atomic E-state index is 12.6. The zero-order chi connectivity index (χ0) is 18.5. The summed E-state index contributed by atoms with van der Waals surface area (Å²) in [5.41, 5.74) is 1.78. The van der Waals surface area contributed by atoms with Crippen molar-refractivity contribution in [2.45, 2.75) is 70.8 Å². The van der Waals surface area contributed by atoms with E-state index >= 15 is 0 Å². The van der Waals surface area contributed by atoms with Gasteiger partial charge in [-0.1, -0.05) is 30.9 Å². The summed E-state index contributed by atoms with van der Waals surface area (Å²) in [7, 11) is 0. The molecule has 2 saturated carbocycles. The highest BCUT2D eigenvalue weighted by molar-refractivity contribution is 6.30. The van der Waals surface area contributed by atoms with E-state index in [1.807, 2.05) is 19.1 Å². The molecule has 0 spiro atoms. The van der Waals surface area contributed by atoms with Gasteiger partial charge in [-0.25, -0.2) is 0 Å². The number of halogens is 1. The molecule has 2 amide bonds. The minimum atomic E-state index is -0.0104. The Morgan fingerprint density at radius 2 is 1.54 bits per heavy atom. The van der Waals surface area contributed by atoms with E-state index in [4.69, 9.17) is 11.6 Å². The standard InChI is InChI=1S/C21H29ClN2O2/c1-14-13-17(22)11-12-19(14)24-21(26)16-9-7-15(8-10-16)20(25)23-18-5-3-2-4-6-18/h11-13,15-16,18H,2-10H2,1H3,(H,23,25)(H,24,26). The van der Waals surface area contributed by atoms with Gasteiger partial charge in [-0.2, -0.15) is 0 Å². The fraction of sp³-hybridized carbons (Fsp3) is 0.619. The number of rotatable bonds is 4. The van der Waals surface area contributed by atoms with Gasteiger partial charge in [-0.3, -0.25) is 9.59 Å². The topological polar surface area (TPSA) is 58.2 Å². The molecule has 0 heterocycles. The van der Waals surface area contributed by atoms with Crippen LogP contribution in [-0.4, -0.2) is 17.9 Å². The normalized spacial score (nSPS) is 24.1. The molecule has 0 aliphatic heterocycles. The molecule has 2 aliphatic carbocycles. The smallest absolute Gasteiger partial charge is 0.227 e. The minimum absolute atomic E-state index is 0.0104. The van der Waals surface area contributed by atoms with Crippen LogP contribution in [0.5, 0.6) is 0 Å². The zero-order valence-corrected chi connectivity index (χ0v) is 16.3. The summed E-state index contributed by atoms with van der Waals surface area (Å²) < 4.78 is 0. The van der Waals surface area contributed by atoms with Gasteiger partial charge in [-0.15, -0.1) is 0 Å². The van der Waals surface area contributed by atoms with Crippen LogP contribution in [0.4, 0.5) is 5.69 Å². The van der Waals surface area contributed by atoms with Crippen LogP contribution >= 0.6 is 11.6 Å². The SMILES string of the molecule is Cc1cc(Cl)ccc1NC(=O)C1CCC(C(=O)NC2CCCCC2)CC1. The molecule has 0 saturated heterocycles. The molecular formula is C21H29ClN2O2. The minimum Gasteiger partial charge on any atom is -0.353 e. The maximum Gasteiger partial charge on any atom is 0.227 e. The number of benzene rings is 1. The molecule has 26 heavy (non-hydrogen) atoms. The molecule has 2 N–H and O–H groups in total. The number of amides is 2. The van der Waals surface area contributed by atoms with Crippen LogP contribution in [0, 0.1) is 18.8 Å². The first-order valence-electron chi connectivity index (χ1n) is 9.90. The monoisotopic (exact) mass is 376 g/mol. The lowest BCUT2D eigenvalue weighted by atomic mass is 9.80. The van der Waals surface area contributed by atoms with Crippen LogP contribution in [0.2, 0.25) is 5.02 Å². The summed E-state index contributed by atoms with van der Waals surface area (Å²) in [5, 5.41) is 6.92. The third-order valence-electron chi connectivity index (χ3n) is 5.87. The van der Waals surface area contributed by atoms with E-state index in [0.29, 0.717) is 11.1 Å². The molecule has 5 heteroatoms. The van der Waals surface area contributed by atoms with Gasteiger partial charge in [0.15, 0.2) is 0 Å². The number of carbonyl (C=O) groups excluding carboxylic acids is 2. The Hall–Kier alpha value is -1.55. The predicted octanol–water partition coefficient (Wildman–Crippen LogP) is 4.84. The fourth-order valence-corrected chi connectivity index (χ4v) is 4.41. The van der Waals surface area contributed by atoms with Crippen molar-refractivity contribution in [2.24, 2.45) is 11.8 Å². The van der Waals surface area contributed by atoms with Crippen LogP contribution in [0.25, 0.3) is 0 Å². The molecule has 4 nitrogen and oxygen atoms in total. The van der Waals surface area contributed by atoms with E-state index in [1.165, 1.54) is 19.3 Å². The van der Waals surface area contributed by atoms with Crippen LogP contribution < -0.4 is 10.6 Å². The Morgan fingerprint density at radius 1 is 0.923 bits per heavy atom. The second kappa shape index (κ2) is 8.90. The van der Waals surface area contributed by atoms with Crippen molar-refractivity contribution in [2.75, 3.05) is 5.32 Å². The number of aryl methyl sites for hydroxylation is 1. The van der Waals surface area contributed by atoms with E-state index < -0.39 is 0 Å². The van der Waals surface area contributed by atoms with Crippen molar-refractivity contribution in [1.82, 2.24) is 5.32 Å². The number of hydrogen-bond donors (Lipinski definition) is 2. The zero-order valence-electron chi connectivity index (χ0n) is 15.5. The molecule has 0 bridgehead atoms. The molecule has 1 aromatic rings. The number of anilines is 1. The Labute approximate surface area is 161 Å². The lowest BCUT2D eigenvalue weighted by Gasteiger charge is -2.30. The second-order valence-electron chi connectivity index (χ2n) is 7.84. The Bertz CT molecular complexity index is 647. The van der Waals surface area contributed by atoms with Crippen molar-refractivity contribution >= 4 is 29.1 Å². The maximum absolute atomic E-state index is 12.6. The number of hydrogen-bond acceptors (Lipinski definition) is 2. The third kappa shape index (κ3) is 5.00. The average Bonchev–Trinajstić information content (AvgIpc) is 2.65. The molecule has 0 atom stereocenters. The molecular weight excluding hydrogens is 348 g/mol. The highest BCUT2D eigenvalue weighted by Crippen LogP contribution is 2.31. The van der Waals surface area contributed by atoms with E-state index in [1.54, 1.807) is 6.07 Å². The van der Waals surface area contributed by atoms with Crippen molar-refractivity contribution < 1.29 is 9.59 Å². The van der Waals surface area contributed by atoms with Crippen molar-refractivity contribution in [1.29, 1.82) is 0 Å².